The molecule has 0 saturated heterocycles. The molecule has 2 N–H and O–H groups in total. The second-order valence-corrected chi connectivity index (χ2v) is 7.79. The van der Waals surface area contributed by atoms with Gasteiger partial charge in [-0.3, -0.25) is 4.79 Å². The molecule has 2 aromatic heterocycles. The van der Waals surface area contributed by atoms with E-state index in [0.717, 1.165) is 21.7 Å². The van der Waals surface area contributed by atoms with Crippen LogP contribution in [0, 0.1) is 6.92 Å². The average molecular weight is 358 g/mol. The highest BCUT2D eigenvalue weighted by molar-refractivity contribution is 7.99. The number of primary amides is 1. The number of fused-ring (bicyclic) bond motifs is 1. The van der Waals surface area contributed by atoms with E-state index in [9.17, 15) is 4.79 Å². The van der Waals surface area contributed by atoms with Crippen molar-refractivity contribution in [3.8, 4) is 11.1 Å². The molecule has 0 fully saturated rings. The van der Waals surface area contributed by atoms with Gasteiger partial charge in [0.05, 0.1) is 5.39 Å². The lowest BCUT2D eigenvalue weighted by molar-refractivity contribution is -0.117. The van der Waals surface area contributed by atoms with E-state index in [1.54, 1.807) is 29.4 Å². The minimum absolute atomic E-state index is 0.287. The Morgan fingerprint density at radius 2 is 2.00 bits per heavy atom. The van der Waals surface area contributed by atoms with Gasteiger partial charge in [0, 0.05) is 22.6 Å². The maximum Gasteiger partial charge on any atom is 0.218 e. The Kier molecular flexibility index (Phi) is 5.16. The summed E-state index contributed by atoms with van der Waals surface area (Å²) < 4.78 is 0. The fourth-order valence-corrected chi connectivity index (χ4v) is 4.67. The molecule has 0 aliphatic heterocycles. The Labute approximate surface area is 149 Å². The van der Waals surface area contributed by atoms with Crippen LogP contribution in [0.4, 0.5) is 0 Å². The van der Waals surface area contributed by atoms with Crippen molar-refractivity contribution in [1.29, 1.82) is 0 Å². The first kappa shape index (κ1) is 16.9. The number of nitrogens with zero attached hydrogens (tertiary/aromatic N) is 2. The summed E-state index contributed by atoms with van der Waals surface area (Å²) in [5, 5.41) is 2.00. The van der Waals surface area contributed by atoms with E-state index in [4.69, 9.17) is 5.73 Å². The van der Waals surface area contributed by atoms with Crippen LogP contribution in [0.5, 0.6) is 0 Å². The largest absolute Gasteiger partial charge is 0.370 e. The minimum Gasteiger partial charge on any atom is -0.370 e. The molecule has 24 heavy (non-hydrogen) atoms. The summed E-state index contributed by atoms with van der Waals surface area (Å²) in [6.45, 7) is 4.27. The monoisotopic (exact) mass is 357 g/mol. The molecule has 0 unspecified atom stereocenters. The molecule has 0 radical (unpaired) electrons. The van der Waals surface area contributed by atoms with E-state index in [-0.39, 0.29) is 5.91 Å². The van der Waals surface area contributed by atoms with Crippen molar-refractivity contribution in [2.24, 2.45) is 5.73 Å². The Balaban J connectivity index is 2.05. The van der Waals surface area contributed by atoms with Gasteiger partial charge in [0.2, 0.25) is 5.91 Å². The molecule has 1 aromatic carbocycles. The van der Waals surface area contributed by atoms with E-state index in [1.165, 1.54) is 21.6 Å². The third kappa shape index (κ3) is 3.44. The second kappa shape index (κ2) is 7.32. The third-order valence-corrected chi connectivity index (χ3v) is 5.87. The van der Waals surface area contributed by atoms with Gasteiger partial charge in [0.1, 0.15) is 16.2 Å². The fourth-order valence-electron chi connectivity index (χ4n) is 2.63. The number of nitrogens with two attached hydrogens (primary N) is 1. The Morgan fingerprint density at radius 3 is 2.67 bits per heavy atom. The maximum atomic E-state index is 11.0. The second-order valence-electron chi connectivity index (χ2n) is 5.51. The first-order valence-corrected chi connectivity index (χ1v) is 9.65. The highest BCUT2D eigenvalue weighted by Gasteiger charge is 2.17. The Morgan fingerprint density at radius 1 is 1.25 bits per heavy atom. The van der Waals surface area contributed by atoms with Gasteiger partial charge in [-0.2, -0.15) is 0 Å². The molecule has 6 heteroatoms. The van der Waals surface area contributed by atoms with Crippen molar-refractivity contribution in [2.45, 2.75) is 31.7 Å². The van der Waals surface area contributed by atoms with Crippen LogP contribution < -0.4 is 5.73 Å². The van der Waals surface area contributed by atoms with E-state index in [0.29, 0.717) is 12.2 Å². The molecule has 4 nitrogen and oxygen atoms in total. The van der Waals surface area contributed by atoms with Gasteiger partial charge in [0.15, 0.2) is 0 Å². The van der Waals surface area contributed by atoms with E-state index >= 15 is 0 Å². The van der Waals surface area contributed by atoms with Crippen LogP contribution in [0.3, 0.4) is 0 Å². The topological polar surface area (TPSA) is 68.9 Å². The summed E-state index contributed by atoms with van der Waals surface area (Å²) in [7, 11) is 0. The van der Waals surface area contributed by atoms with Gasteiger partial charge in [-0.1, -0.05) is 31.2 Å². The number of benzene rings is 1. The normalized spacial score (nSPS) is 11.1. The van der Waals surface area contributed by atoms with Crippen molar-refractivity contribution >= 4 is 39.2 Å². The number of amides is 1. The van der Waals surface area contributed by atoms with Crippen LogP contribution in [0.1, 0.15) is 23.8 Å². The van der Waals surface area contributed by atoms with Crippen LogP contribution >= 0.6 is 23.1 Å². The van der Waals surface area contributed by atoms with Crippen molar-refractivity contribution in [3.63, 3.8) is 0 Å². The molecule has 2 heterocycles. The van der Waals surface area contributed by atoms with Crippen molar-refractivity contribution in [2.75, 3.05) is 5.75 Å². The van der Waals surface area contributed by atoms with Crippen LogP contribution in [-0.2, 0) is 11.2 Å². The number of hydrogen-bond donors (Lipinski definition) is 1. The molecule has 0 spiro atoms. The van der Waals surface area contributed by atoms with Gasteiger partial charge >= 0.3 is 0 Å². The van der Waals surface area contributed by atoms with E-state index in [1.807, 2.05) is 0 Å². The van der Waals surface area contributed by atoms with Crippen LogP contribution in [-0.4, -0.2) is 21.6 Å². The number of carbonyl (C=O) groups is 1. The Bertz CT molecular complexity index is 872. The van der Waals surface area contributed by atoms with E-state index < -0.39 is 0 Å². The smallest absolute Gasteiger partial charge is 0.218 e. The molecule has 3 aromatic rings. The molecule has 1 amide bonds. The van der Waals surface area contributed by atoms with Gasteiger partial charge < -0.3 is 5.73 Å². The van der Waals surface area contributed by atoms with Crippen LogP contribution in [0.15, 0.2) is 35.6 Å². The van der Waals surface area contributed by atoms with Crippen molar-refractivity contribution in [1.82, 2.24) is 9.97 Å². The highest BCUT2D eigenvalue weighted by Crippen LogP contribution is 2.41. The zero-order chi connectivity index (χ0) is 17.1. The molecule has 0 aliphatic carbocycles. The lowest BCUT2D eigenvalue weighted by Gasteiger charge is -2.07. The third-order valence-electron chi connectivity index (χ3n) is 3.87. The number of thioether (sulfide) groups is 1. The number of carbonyl (C=O) groups excluding carboxylic acids is 1. The molecule has 0 aliphatic rings. The SMILES string of the molecule is CCc1ccc(-c2c(C)sc3ncnc(SCCC(N)=O)c23)cc1. The number of thiophene rings is 1. The van der Waals surface area contributed by atoms with Crippen LogP contribution in [0.2, 0.25) is 0 Å². The molecular formula is C18H19N3OS2. The first-order valence-electron chi connectivity index (χ1n) is 7.84. The number of rotatable bonds is 6. The maximum absolute atomic E-state index is 11.0. The number of aromatic nitrogens is 2. The minimum atomic E-state index is -0.287. The molecule has 0 bridgehead atoms. The first-order chi connectivity index (χ1) is 11.6. The molecular weight excluding hydrogens is 338 g/mol. The van der Waals surface area contributed by atoms with E-state index in [2.05, 4.69) is 48.1 Å². The fraction of sp³-hybridized carbons (Fsp3) is 0.278. The van der Waals surface area contributed by atoms with Gasteiger partial charge in [-0.15, -0.1) is 23.1 Å². The number of aryl methyl sites for hydroxylation is 2. The predicted octanol–water partition coefficient (Wildman–Crippen LogP) is 4.20. The summed E-state index contributed by atoms with van der Waals surface area (Å²) in [5.74, 6) is 0.342. The highest BCUT2D eigenvalue weighted by atomic mass is 32.2. The summed E-state index contributed by atoms with van der Waals surface area (Å²) in [5.41, 5.74) is 8.94. The standard InChI is InChI=1S/C18H19N3OS2/c1-3-12-4-6-13(7-5-12)15-11(2)24-18-16(15)17(20-10-21-18)23-9-8-14(19)22/h4-7,10H,3,8-9H2,1-2H3,(H2,19,22). The van der Waals surface area contributed by atoms with Crippen molar-refractivity contribution < 1.29 is 4.79 Å². The lowest BCUT2D eigenvalue weighted by atomic mass is 10.0. The summed E-state index contributed by atoms with van der Waals surface area (Å²) in [6.07, 6.45) is 2.97. The van der Waals surface area contributed by atoms with Gasteiger partial charge in [-0.25, -0.2) is 9.97 Å². The van der Waals surface area contributed by atoms with Gasteiger partial charge in [-0.05, 0) is 24.5 Å². The quantitative estimate of drug-likeness (QED) is 0.530. The molecule has 124 valence electrons. The average Bonchev–Trinajstić information content (AvgIpc) is 2.91. The molecule has 3 rings (SSSR count). The Hall–Kier alpha value is -1.92. The number of hydrogen-bond acceptors (Lipinski definition) is 5. The summed E-state index contributed by atoms with van der Waals surface area (Å²) >= 11 is 3.24. The summed E-state index contributed by atoms with van der Waals surface area (Å²) in [6, 6.07) is 8.67. The zero-order valence-electron chi connectivity index (χ0n) is 13.7. The molecule has 0 atom stereocenters. The molecule has 0 saturated carbocycles. The predicted molar refractivity (Wildman–Crippen MR) is 102 cm³/mol. The lowest BCUT2D eigenvalue weighted by Crippen LogP contribution is -2.10. The van der Waals surface area contributed by atoms with Crippen molar-refractivity contribution in [3.05, 3.63) is 41.0 Å². The zero-order valence-corrected chi connectivity index (χ0v) is 15.3. The summed E-state index contributed by atoms with van der Waals surface area (Å²) in [4.78, 5) is 22.1. The van der Waals surface area contributed by atoms with Gasteiger partial charge in [0.25, 0.3) is 0 Å². The van der Waals surface area contributed by atoms with Crippen LogP contribution in [0.25, 0.3) is 21.3 Å².